The van der Waals surface area contributed by atoms with E-state index in [1.165, 1.54) is 0 Å². The van der Waals surface area contributed by atoms with Crippen molar-refractivity contribution >= 4 is 22.8 Å². The predicted molar refractivity (Wildman–Crippen MR) is 105 cm³/mol. The Kier molecular flexibility index (Phi) is 6.07. The molecule has 1 unspecified atom stereocenters. The number of aromatic amines is 1. The fourth-order valence-corrected chi connectivity index (χ4v) is 3.76. The van der Waals surface area contributed by atoms with Crippen molar-refractivity contribution in [3.05, 3.63) is 30.7 Å². The molecule has 142 valence electrons. The van der Waals surface area contributed by atoms with Crippen LogP contribution in [-0.4, -0.2) is 51.4 Å². The standard InChI is InChI=1S/C20H26N6O/c1-3-4-5-11-26(20-16-7-10-22-19(16)23-14-24-20)17-13-25(12-8-15(17)2)18(27)6-9-21/h3-4,7,10,14-15,17H,5-6,8,11-13H2,1-2H3,(H,22,23,24)/b4-3+/t15-,17?/m1/s1. The number of hydrogen-bond acceptors (Lipinski definition) is 5. The van der Waals surface area contributed by atoms with E-state index >= 15 is 0 Å². The van der Waals surface area contributed by atoms with Crippen molar-refractivity contribution in [2.75, 3.05) is 24.5 Å². The normalized spacial score (nSPS) is 20.1. The molecule has 7 nitrogen and oxygen atoms in total. The minimum absolute atomic E-state index is 0.0603. The second-order valence-corrected chi connectivity index (χ2v) is 7.00. The van der Waals surface area contributed by atoms with Gasteiger partial charge in [0.15, 0.2) is 0 Å². The van der Waals surface area contributed by atoms with E-state index in [0.717, 1.165) is 36.2 Å². The summed E-state index contributed by atoms with van der Waals surface area (Å²) in [4.78, 5) is 28.5. The van der Waals surface area contributed by atoms with Crippen molar-refractivity contribution in [3.8, 4) is 6.07 Å². The molecule has 2 aromatic rings. The van der Waals surface area contributed by atoms with Gasteiger partial charge in [-0.2, -0.15) is 5.26 Å². The molecule has 0 aliphatic carbocycles. The molecule has 1 N–H and O–H groups in total. The molecule has 2 aromatic heterocycles. The number of hydrogen-bond donors (Lipinski definition) is 1. The lowest BCUT2D eigenvalue weighted by Crippen LogP contribution is -2.54. The number of allylic oxidation sites excluding steroid dienone is 1. The molecule has 27 heavy (non-hydrogen) atoms. The Hall–Kier alpha value is -2.88. The molecule has 0 bridgehead atoms. The maximum Gasteiger partial charge on any atom is 0.236 e. The van der Waals surface area contributed by atoms with E-state index in [4.69, 9.17) is 5.26 Å². The van der Waals surface area contributed by atoms with Crippen LogP contribution in [0, 0.1) is 17.2 Å². The zero-order chi connectivity index (χ0) is 19.2. The van der Waals surface area contributed by atoms with E-state index in [-0.39, 0.29) is 18.4 Å². The van der Waals surface area contributed by atoms with Crippen molar-refractivity contribution in [2.24, 2.45) is 5.92 Å². The molecule has 0 spiro atoms. The summed E-state index contributed by atoms with van der Waals surface area (Å²) in [6.45, 7) is 6.40. The largest absolute Gasteiger partial charge is 0.351 e. The van der Waals surface area contributed by atoms with Crippen molar-refractivity contribution < 1.29 is 4.79 Å². The lowest BCUT2D eigenvalue weighted by Gasteiger charge is -2.43. The highest BCUT2D eigenvalue weighted by Crippen LogP contribution is 2.30. The van der Waals surface area contributed by atoms with Gasteiger partial charge in [-0.05, 0) is 31.7 Å². The summed E-state index contributed by atoms with van der Waals surface area (Å²) in [6.07, 6.45) is 9.43. The molecule has 0 saturated carbocycles. The first kappa shape index (κ1) is 18.9. The van der Waals surface area contributed by atoms with Crippen LogP contribution in [0.5, 0.6) is 0 Å². The van der Waals surface area contributed by atoms with Crippen molar-refractivity contribution in [3.63, 3.8) is 0 Å². The summed E-state index contributed by atoms with van der Waals surface area (Å²) >= 11 is 0. The van der Waals surface area contributed by atoms with Gasteiger partial charge in [0.1, 0.15) is 24.2 Å². The number of fused-ring (bicyclic) bond motifs is 1. The average molecular weight is 366 g/mol. The van der Waals surface area contributed by atoms with Gasteiger partial charge in [0.05, 0.1) is 17.5 Å². The fraction of sp³-hybridized carbons (Fsp3) is 0.500. The molecular formula is C20H26N6O. The molecule has 1 amide bonds. The van der Waals surface area contributed by atoms with Gasteiger partial charge in [-0.25, -0.2) is 9.97 Å². The number of likely N-dealkylation sites (tertiary alicyclic amines) is 1. The Balaban J connectivity index is 1.93. The maximum atomic E-state index is 12.3. The number of amides is 1. The molecule has 1 aliphatic rings. The monoisotopic (exact) mass is 366 g/mol. The number of piperidine rings is 1. The molecule has 2 atom stereocenters. The van der Waals surface area contributed by atoms with Crippen LogP contribution in [0.4, 0.5) is 5.82 Å². The molecule has 1 aliphatic heterocycles. The highest BCUT2D eigenvalue weighted by molar-refractivity contribution is 5.87. The first-order valence-corrected chi connectivity index (χ1v) is 9.46. The van der Waals surface area contributed by atoms with Gasteiger partial charge in [-0.1, -0.05) is 19.1 Å². The predicted octanol–water partition coefficient (Wildman–Crippen LogP) is 2.88. The first-order valence-electron chi connectivity index (χ1n) is 9.46. The van der Waals surface area contributed by atoms with E-state index < -0.39 is 0 Å². The van der Waals surface area contributed by atoms with Crippen molar-refractivity contribution in [1.29, 1.82) is 5.26 Å². The average Bonchev–Trinajstić information content (AvgIpc) is 3.15. The van der Waals surface area contributed by atoms with Gasteiger partial charge < -0.3 is 14.8 Å². The van der Waals surface area contributed by atoms with Crippen molar-refractivity contribution in [2.45, 2.75) is 39.2 Å². The van der Waals surface area contributed by atoms with Crippen LogP contribution in [0.25, 0.3) is 11.0 Å². The first-order chi connectivity index (χ1) is 13.2. The third kappa shape index (κ3) is 4.11. The summed E-state index contributed by atoms with van der Waals surface area (Å²) in [6, 6.07) is 4.13. The second kappa shape index (κ2) is 8.67. The zero-order valence-electron chi connectivity index (χ0n) is 15.9. The Morgan fingerprint density at radius 2 is 2.37 bits per heavy atom. The maximum absolute atomic E-state index is 12.3. The summed E-state index contributed by atoms with van der Waals surface area (Å²) in [5.41, 5.74) is 0.817. The smallest absolute Gasteiger partial charge is 0.236 e. The summed E-state index contributed by atoms with van der Waals surface area (Å²) in [5.74, 6) is 1.24. The highest BCUT2D eigenvalue weighted by Gasteiger charge is 2.34. The molecule has 1 fully saturated rings. The number of nitriles is 1. The van der Waals surface area contributed by atoms with Gasteiger partial charge in [0, 0.05) is 25.8 Å². The number of rotatable bonds is 6. The minimum Gasteiger partial charge on any atom is -0.351 e. The third-order valence-electron chi connectivity index (χ3n) is 5.28. The van der Waals surface area contributed by atoms with Crippen LogP contribution in [0.1, 0.15) is 33.1 Å². The molecule has 3 heterocycles. The quantitative estimate of drug-likeness (QED) is 0.794. The van der Waals surface area contributed by atoms with E-state index in [2.05, 4.69) is 38.9 Å². The van der Waals surface area contributed by atoms with E-state index in [1.807, 2.05) is 30.2 Å². The summed E-state index contributed by atoms with van der Waals surface area (Å²) in [5, 5.41) is 9.87. The third-order valence-corrected chi connectivity index (χ3v) is 5.28. The van der Waals surface area contributed by atoms with E-state index in [0.29, 0.717) is 19.0 Å². The molecule has 0 radical (unpaired) electrons. The van der Waals surface area contributed by atoms with Gasteiger partial charge in [0.2, 0.25) is 5.91 Å². The van der Waals surface area contributed by atoms with Gasteiger partial charge in [-0.15, -0.1) is 0 Å². The Morgan fingerprint density at radius 3 is 3.15 bits per heavy atom. The number of carbonyl (C=O) groups is 1. The zero-order valence-corrected chi connectivity index (χ0v) is 15.9. The number of nitrogens with zero attached hydrogens (tertiary/aromatic N) is 5. The van der Waals surface area contributed by atoms with Crippen LogP contribution < -0.4 is 4.90 Å². The minimum atomic E-state index is -0.0858. The van der Waals surface area contributed by atoms with Crippen molar-refractivity contribution in [1.82, 2.24) is 19.9 Å². The molecule has 1 saturated heterocycles. The topological polar surface area (TPSA) is 88.9 Å². The Morgan fingerprint density at radius 1 is 1.52 bits per heavy atom. The van der Waals surface area contributed by atoms with E-state index in [9.17, 15) is 4.79 Å². The van der Waals surface area contributed by atoms with E-state index in [1.54, 1.807) is 6.33 Å². The Labute approximate surface area is 159 Å². The van der Waals surface area contributed by atoms with Gasteiger partial charge >= 0.3 is 0 Å². The highest BCUT2D eigenvalue weighted by atomic mass is 16.2. The molecule has 0 aromatic carbocycles. The molecule has 7 heteroatoms. The molecular weight excluding hydrogens is 340 g/mol. The van der Waals surface area contributed by atoms with Crippen LogP contribution in [-0.2, 0) is 4.79 Å². The van der Waals surface area contributed by atoms with Gasteiger partial charge in [-0.3, -0.25) is 4.79 Å². The van der Waals surface area contributed by atoms with Crippen LogP contribution in [0.3, 0.4) is 0 Å². The number of anilines is 1. The van der Waals surface area contributed by atoms with Gasteiger partial charge in [0.25, 0.3) is 0 Å². The second-order valence-electron chi connectivity index (χ2n) is 7.00. The summed E-state index contributed by atoms with van der Waals surface area (Å²) in [7, 11) is 0. The Bertz CT molecular complexity index is 852. The lowest BCUT2D eigenvalue weighted by atomic mass is 9.91. The SMILES string of the molecule is C/C=C/CCN(c1ncnc2[nH]ccc12)C1CN(C(=O)CC#N)CC[C@H]1C. The lowest BCUT2D eigenvalue weighted by molar-refractivity contribution is -0.131. The fourth-order valence-electron chi connectivity index (χ4n) is 3.76. The van der Waals surface area contributed by atoms with Crippen LogP contribution >= 0.6 is 0 Å². The molecule has 3 rings (SSSR count). The number of nitrogens with one attached hydrogen (secondary N) is 1. The van der Waals surface area contributed by atoms with Crippen LogP contribution in [0.2, 0.25) is 0 Å². The van der Waals surface area contributed by atoms with Crippen LogP contribution in [0.15, 0.2) is 30.7 Å². The number of carbonyl (C=O) groups excluding carboxylic acids is 1. The summed E-state index contributed by atoms with van der Waals surface area (Å²) < 4.78 is 0. The number of H-pyrrole nitrogens is 1. The number of aromatic nitrogens is 3.